The Labute approximate surface area is 201 Å². The molecule has 0 radical (unpaired) electrons. The zero-order valence-corrected chi connectivity index (χ0v) is 20.0. The van der Waals surface area contributed by atoms with E-state index in [1.807, 2.05) is 54.6 Å². The topological polar surface area (TPSA) is 79.7 Å². The van der Waals surface area contributed by atoms with Crippen LogP contribution in [0.4, 0.5) is 0 Å². The van der Waals surface area contributed by atoms with Crippen molar-refractivity contribution in [2.24, 2.45) is 0 Å². The number of aryl methyl sites for hydroxylation is 2. The first-order valence-electron chi connectivity index (χ1n) is 11.0. The number of aromatic nitrogens is 2. The molecule has 0 fully saturated rings. The summed E-state index contributed by atoms with van der Waals surface area (Å²) in [7, 11) is 1.62. The number of carbonyl (C=O) groups excluding carboxylic acids is 1. The van der Waals surface area contributed by atoms with Gasteiger partial charge in [-0.05, 0) is 48.7 Å². The highest BCUT2D eigenvalue weighted by Crippen LogP contribution is 2.27. The standard InChI is InChI=1S/C26H26N2O5S/c1-18-22-24(34-23(18)26(30)33-16-13-19-7-4-3-5-8-19)27-17-28(25(22)29)14-6-15-32-21-11-9-20(31-2)10-12-21/h3-5,7-12,17H,6,13-16H2,1-2H3. The van der Waals surface area contributed by atoms with E-state index in [1.165, 1.54) is 17.7 Å². The number of methoxy groups -OCH3 is 1. The molecule has 0 aliphatic rings. The van der Waals surface area contributed by atoms with Crippen LogP contribution in [0.5, 0.6) is 11.5 Å². The molecule has 0 unspecified atom stereocenters. The van der Waals surface area contributed by atoms with E-state index in [2.05, 4.69) is 4.98 Å². The lowest BCUT2D eigenvalue weighted by Crippen LogP contribution is -2.21. The Balaban J connectivity index is 1.37. The number of rotatable bonds is 10. The third-order valence-electron chi connectivity index (χ3n) is 5.44. The molecule has 4 aromatic rings. The number of esters is 1. The first-order valence-corrected chi connectivity index (χ1v) is 11.8. The highest BCUT2D eigenvalue weighted by molar-refractivity contribution is 7.20. The third-order valence-corrected chi connectivity index (χ3v) is 6.62. The van der Waals surface area contributed by atoms with E-state index in [0.717, 1.165) is 17.1 Å². The van der Waals surface area contributed by atoms with Crippen LogP contribution in [0.1, 0.15) is 27.2 Å². The number of benzene rings is 2. The quantitative estimate of drug-likeness (QED) is 0.244. The van der Waals surface area contributed by atoms with Crippen molar-refractivity contribution < 1.29 is 19.0 Å². The second-order valence-electron chi connectivity index (χ2n) is 7.73. The summed E-state index contributed by atoms with van der Waals surface area (Å²) < 4.78 is 17.9. The van der Waals surface area contributed by atoms with Gasteiger partial charge in [0.1, 0.15) is 21.2 Å². The van der Waals surface area contributed by atoms with Crippen LogP contribution in [0.2, 0.25) is 0 Å². The van der Waals surface area contributed by atoms with E-state index in [0.29, 0.717) is 46.7 Å². The van der Waals surface area contributed by atoms with Crippen LogP contribution in [0.3, 0.4) is 0 Å². The van der Waals surface area contributed by atoms with Crippen LogP contribution in [0.25, 0.3) is 10.2 Å². The Kier molecular flexibility index (Phi) is 7.59. The predicted octanol–water partition coefficient (Wildman–Crippen LogP) is 4.64. The second kappa shape index (κ2) is 11.0. The minimum atomic E-state index is -0.421. The SMILES string of the molecule is COc1ccc(OCCCn2cnc3sc(C(=O)OCCc4ccccc4)c(C)c3c2=O)cc1. The number of carbonyl (C=O) groups is 1. The van der Waals surface area contributed by atoms with E-state index in [1.54, 1.807) is 18.6 Å². The van der Waals surface area contributed by atoms with Crippen LogP contribution in [-0.4, -0.2) is 35.8 Å². The van der Waals surface area contributed by atoms with Gasteiger partial charge in [-0.15, -0.1) is 11.3 Å². The number of hydrogen-bond acceptors (Lipinski definition) is 7. The van der Waals surface area contributed by atoms with E-state index in [4.69, 9.17) is 14.2 Å². The Hall–Kier alpha value is -3.65. The van der Waals surface area contributed by atoms with Gasteiger partial charge in [-0.25, -0.2) is 9.78 Å². The Morgan fingerprint density at radius 2 is 1.76 bits per heavy atom. The molecule has 4 rings (SSSR count). The monoisotopic (exact) mass is 478 g/mol. The lowest BCUT2D eigenvalue weighted by molar-refractivity contribution is 0.0514. The number of thiophene rings is 1. The summed E-state index contributed by atoms with van der Waals surface area (Å²) in [4.78, 5) is 31.1. The maximum Gasteiger partial charge on any atom is 0.348 e. The minimum Gasteiger partial charge on any atom is -0.497 e. The van der Waals surface area contributed by atoms with Crippen molar-refractivity contribution in [3.63, 3.8) is 0 Å². The molecule has 0 aliphatic carbocycles. The molecule has 0 spiro atoms. The molecule has 2 aromatic heterocycles. The number of fused-ring (bicyclic) bond motifs is 1. The van der Waals surface area contributed by atoms with Crippen LogP contribution >= 0.6 is 11.3 Å². The second-order valence-corrected chi connectivity index (χ2v) is 8.73. The van der Waals surface area contributed by atoms with E-state index in [9.17, 15) is 9.59 Å². The van der Waals surface area contributed by atoms with Gasteiger partial charge in [-0.2, -0.15) is 0 Å². The van der Waals surface area contributed by atoms with Gasteiger partial charge in [0, 0.05) is 13.0 Å². The molecule has 0 amide bonds. The average Bonchev–Trinajstić information content (AvgIpc) is 3.21. The molecule has 0 saturated heterocycles. The summed E-state index contributed by atoms with van der Waals surface area (Å²) in [5.74, 6) is 1.09. The lowest BCUT2D eigenvalue weighted by Gasteiger charge is -2.08. The molecule has 34 heavy (non-hydrogen) atoms. The molecule has 7 nitrogen and oxygen atoms in total. The van der Waals surface area contributed by atoms with Gasteiger partial charge < -0.3 is 14.2 Å². The van der Waals surface area contributed by atoms with E-state index in [-0.39, 0.29) is 12.2 Å². The fraction of sp³-hybridized carbons (Fsp3) is 0.269. The van der Waals surface area contributed by atoms with Crippen molar-refractivity contribution in [3.05, 3.63) is 87.3 Å². The van der Waals surface area contributed by atoms with Crippen molar-refractivity contribution >= 4 is 27.5 Å². The number of nitrogens with zero attached hydrogens (tertiary/aromatic N) is 2. The van der Waals surface area contributed by atoms with Gasteiger partial charge in [0.05, 0.1) is 32.0 Å². The van der Waals surface area contributed by atoms with Crippen molar-refractivity contribution in [3.8, 4) is 11.5 Å². The van der Waals surface area contributed by atoms with Gasteiger partial charge >= 0.3 is 5.97 Å². The van der Waals surface area contributed by atoms with Gasteiger partial charge in [-0.1, -0.05) is 30.3 Å². The molecule has 0 aliphatic heterocycles. The lowest BCUT2D eigenvalue weighted by atomic mass is 10.2. The molecule has 2 heterocycles. The van der Waals surface area contributed by atoms with Gasteiger partial charge in [0.2, 0.25) is 0 Å². The molecular weight excluding hydrogens is 452 g/mol. The van der Waals surface area contributed by atoms with E-state index >= 15 is 0 Å². The smallest absolute Gasteiger partial charge is 0.348 e. The molecule has 176 valence electrons. The minimum absolute atomic E-state index is 0.161. The van der Waals surface area contributed by atoms with Crippen molar-refractivity contribution in [1.29, 1.82) is 0 Å². The summed E-state index contributed by atoms with van der Waals surface area (Å²) in [5.41, 5.74) is 1.56. The van der Waals surface area contributed by atoms with Gasteiger partial charge in [-0.3, -0.25) is 9.36 Å². The van der Waals surface area contributed by atoms with Gasteiger partial charge in [0.25, 0.3) is 5.56 Å². The van der Waals surface area contributed by atoms with Crippen LogP contribution in [-0.2, 0) is 17.7 Å². The summed E-state index contributed by atoms with van der Waals surface area (Å²) >= 11 is 1.20. The highest BCUT2D eigenvalue weighted by Gasteiger charge is 2.20. The largest absolute Gasteiger partial charge is 0.497 e. The predicted molar refractivity (Wildman–Crippen MR) is 132 cm³/mol. The number of hydrogen-bond donors (Lipinski definition) is 0. The van der Waals surface area contributed by atoms with Crippen molar-refractivity contribution in [1.82, 2.24) is 9.55 Å². The Morgan fingerprint density at radius 3 is 2.50 bits per heavy atom. The fourth-order valence-corrected chi connectivity index (χ4v) is 4.61. The highest BCUT2D eigenvalue weighted by atomic mass is 32.1. The number of ether oxygens (including phenoxy) is 3. The first kappa shape index (κ1) is 23.5. The Morgan fingerprint density at radius 1 is 1.03 bits per heavy atom. The summed E-state index contributed by atoms with van der Waals surface area (Å²) in [5, 5.41) is 0.471. The summed E-state index contributed by atoms with van der Waals surface area (Å²) in [6, 6.07) is 17.2. The molecule has 0 bridgehead atoms. The fourth-order valence-electron chi connectivity index (χ4n) is 3.58. The third kappa shape index (κ3) is 5.46. The molecule has 2 aromatic carbocycles. The molecule has 8 heteroatoms. The van der Waals surface area contributed by atoms with Crippen LogP contribution in [0, 0.1) is 6.92 Å². The van der Waals surface area contributed by atoms with Gasteiger partial charge in [0.15, 0.2) is 0 Å². The first-order chi connectivity index (χ1) is 16.6. The molecular formula is C26H26N2O5S. The molecule has 0 saturated carbocycles. The normalized spacial score (nSPS) is 10.9. The van der Waals surface area contributed by atoms with Crippen LogP contribution < -0.4 is 15.0 Å². The average molecular weight is 479 g/mol. The van der Waals surface area contributed by atoms with Crippen molar-refractivity contribution in [2.75, 3.05) is 20.3 Å². The Bertz CT molecular complexity index is 1310. The van der Waals surface area contributed by atoms with Crippen molar-refractivity contribution in [2.45, 2.75) is 26.3 Å². The zero-order chi connectivity index (χ0) is 23.9. The zero-order valence-electron chi connectivity index (χ0n) is 19.2. The maximum atomic E-state index is 13.0. The molecule has 0 N–H and O–H groups in total. The van der Waals surface area contributed by atoms with E-state index < -0.39 is 5.97 Å². The molecule has 0 atom stereocenters. The summed E-state index contributed by atoms with van der Waals surface area (Å²) in [6.45, 7) is 2.97. The maximum absolute atomic E-state index is 13.0. The van der Waals surface area contributed by atoms with Crippen LogP contribution in [0.15, 0.2) is 65.7 Å². The summed E-state index contributed by atoms with van der Waals surface area (Å²) in [6.07, 6.45) is 2.80.